The third kappa shape index (κ3) is 6.78. The number of rotatable bonds is 6. The van der Waals surface area contributed by atoms with E-state index < -0.39 is 0 Å². The van der Waals surface area contributed by atoms with Gasteiger partial charge in [-0.2, -0.15) is 0 Å². The van der Waals surface area contributed by atoms with Gasteiger partial charge in [-0.15, -0.1) is 24.0 Å². The van der Waals surface area contributed by atoms with Gasteiger partial charge in [0.25, 0.3) is 0 Å². The molecule has 2 fully saturated rings. The molecule has 31 heavy (non-hydrogen) atoms. The van der Waals surface area contributed by atoms with Crippen LogP contribution in [0.5, 0.6) is 5.88 Å². The number of nitrogens with one attached hydrogen (secondary N) is 1. The van der Waals surface area contributed by atoms with Gasteiger partial charge in [0.05, 0.1) is 12.7 Å². The van der Waals surface area contributed by atoms with Crippen molar-refractivity contribution >= 4 is 29.9 Å². The highest BCUT2D eigenvalue weighted by Crippen LogP contribution is 2.21. The summed E-state index contributed by atoms with van der Waals surface area (Å²) in [6.07, 6.45) is 4.29. The number of nitrogens with zero attached hydrogens (tertiary/aromatic N) is 3. The van der Waals surface area contributed by atoms with Crippen molar-refractivity contribution in [2.75, 3.05) is 33.4 Å². The smallest absolute Gasteiger partial charge is 0.213 e. The van der Waals surface area contributed by atoms with E-state index in [2.05, 4.69) is 20.2 Å². The van der Waals surface area contributed by atoms with Crippen molar-refractivity contribution < 1.29 is 14.2 Å². The maximum absolute atomic E-state index is 5.95. The van der Waals surface area contributed by atoms with E-state index in [0.29, 0.717) is 25.6 Å². The lowest BCUT2D eigenvalue weighted by molar-refractivity contribution is -0.0817. The zero-order valence-corrected chi connectivity index (χ0v) is 20.2. The van der Waals surface area contributed by atoms with Crippen LogP contribution >= 0.6 is 24.0 Å². The Labute approximate surface area is 201 Å². The van der Waals surface area contributed by atoms with E-state index >= 15 is 0 Å². The van der Waals surface area contributed by atoms with Crippen LogP contribution in [-0.4, -0.2) is 61.4 Å². The van der Waals surface area contributed by atoms with Crippen LogP contribution < -0.4 is 10.1 Å². The number of hydrogen-bond acceptors (Lipinski definition) is 5. The first-order valence-electron chi connectivity index (χ1n) is 10.6. The van der Waals surface area contributed by atoms with Crippen molar-refractivity contribution in [1.82, 2.24) is 15.2 Å². The second-order valence-corrected chi connectivity index (χ2v) is 7.58. The van der Waals surface area contributed by atoms with E-state index in [9.17, 15) is 0 Å². The Bertz CT molecular complexity index is 831. The molecule has 1 N–H and O–H groups in total. The van der Waals surface area contributed by atoms with E-state index in [-0.39, 0.29) is 36.2 Å². The largest absolute Gasteiger partial charge is 0.473 e. The average Bonchev–Trinajstić information content (AvgIpc) is 3.35. The summed E-state index contributed by atoms with van der Waals surface area (Å²) in [4.78, 5) is 11.1. The number of pyridine rings is 1. The molecule has 0 spiro atoms. The summed E-state index contributed by atoms with van der Waals surface area (Å²) in [5.41, 5.74) is 2.22. The molecule has 1 aromatic carbocycles. The minimum Gasteiger partial charge on any atom is -0.473 e. The molecule has 2 aliphatic rings. The Morgan fingerprint density at radius 1 is 1.16 bits per heavy atom. The Balaban J connectivity index is 0.00000272. The Hall–Kier alpha value is -1.91. The highest BCUT2D eigenvalue weighted by atomic mass is 127. The number of ether oxygens (including phenoxy) is 3. The molecule has 2 aliphatic heterocycles. The zero-order valence-electron chi connectivity index (χ0n) is 17.9. The Kier molecular flexibility index (Phi) is 9.35. The number of benzene rings is 1. The maximum Gasteiger partial charge on any atom is 0.213 e. The van der Waals surface area contributed by atoms with Gasteiger partial charge in [0, 0.05) is 45.6 Å². The predicted molar refractivity (Wildman–Crippen MR) is 131 cm³/mol. The lowest BCUT2D eigenvalue weighted by atomic mass is 10.1. The molecule has 0 saturated carbocycles. The number of hydrogen-bond donors (Lipinski definition) is 1. The van der Waals surface area contributed by atoms with Gasteiger partial charge in [-0.1, -0.05) is 30.3 Å². The first kappa shape index (κ1) is 23.7. The number of aromatic nitrogens is 1. The van der Waals surface area contributed by atoms with E-state index in [1.54, 1.807) is 6.20 Å². The lowest BCUT2D eigenvalue weighted by Crippen LogP contribution is -2.53. The summed E-state index contributed by atoms with van der Waals surface area (Å²) in [6, 6.07) is 14.1. The van der Waals surface area contributed by atoms with Crippen molar-refractivity contribution in [1.29, 1.82) is 0 Å². The molecule has 7 nitrogen and oxygen atoms in total. The molecule has 0 aliphatic carbocycles. The highest BCUT2D eigenvalue weighted by Gasteiger charge is 2.32. The Morgan fingerprint density at radius 2 is 2.00 bits per heavy atom. The predicted octanol–water partition coefficient (Wildman–Crippen LogP) is 3.23. The number of guanidine groups is 1. The van der Waals surface area contributed by atoms with Crippen LogP contribution in [0.4, 0.5) is 0 Å². The summed E-state index contributed by atoms with van der Waals surface area (Å²) in [5, 5.41) is 3.46. The summed E-state index contributed by atoms with van der Waals surface area (Å²) in [5.74, 6) is 1.50. The first-order valence-corrected chi connectivity index (χ1v) is 10.6. The lowest BCUT2D eigenvalue weighted by Gasteiger charge is -2.37. The van der Waals surface area contributed by atoms with E-state index in [4.69, 9.17) is 14.2 Å². The fourth-order valence-electron chi connectivity index (χ4n) is 3.87. The molecule has 4 rings (SSSR count). The van der Waals surface area contributed by atoms with E-state index in [0.717, 1.165) is 49.6 Å². The number of aliphatic imine (C=N–C) groups is 1. The van der Waals surface area contributed by atoms with Gasteiger partial charge in [-0.3, -0.25) is 4.99 Å². The molecule has 0 amide bonds. The van der Waals surface area contributed by atoms with Gasteiger partial charge in [0.2, 0.25) is 5.88 Å². The zero-order chi connectivity index (χ0) is 20.6. The highest BCUT2D eigenvalue weighted by molar-refractivity contribution is 14.0. The molecular formula is C23H31IN4O3. The van der Waals surface area contributed by atoms with E-state index in [1.807, 2.05) is 49.5 Å². The summed E-state index contributed by atoms with van der Waals surface area (Å²) in [6.45, 7) is 4.31. The molecule has 1 aromatic heterocycles. The van der Waals surface area contributed by atoms with Gasteiger partial charge < -0.3 is 24.4 Å². The molecule has 2 unspecified atom stereocenters. The molecule has 0 bridgehead atoms. The second-order valence-electron chi connectivity index (χ2n) is 7.58. The van der Waals surface area contributed by atoms with Crippen molar-refractivity contribution in [2.45, 2.75) is 38.2 Å². The molecule has 168 valence electrons. The first-order chi connectivity index (χ1) is 14.8. The molecular weight excluding hydrogens is 507 g/mol. The van der Waals surface area contributed by atoms with Crippen molar-refractivity contribution in [3.05, 3.63) is 59.8 Å². The monoisotopic (exact) mass is 538 g/mol. The van der Waals surface area contributed by atoms with Crippen LogP contribution in [0, 0.1) is 0 Å². The molecule has 2 saturated heterocycles. The van der Waals surface area contributed by atoms with E-state index in [1.165, 1.54) is 0 Å². The quantitative estimate of drug-likeness (QED) is 0.346. The average molecular weight is 538 g/mol. The molecule has 0 radical (unpaired) electrons. The SMILES string of the molecule is CN=C(NCc1ccnc(OCc2ccccc2)c1)N1CCOC(C2CCCO2)C1.I. The fraction of sp³-hybridized carbons (Fsp3) is 0.478. The van der Waals surface area contributed by atoms with Gasteiger partial charge in [0.15, 0.2) is 5.96 Å². The van der Waals surface area contributed by atoms with Crippen LogP contribution in [0.2, 0.25) is 0 Å². The van der Waals surface area contributed by atoms with Gasteiger partial charge in [-0.25, -0.2) is 4.98 Å². The topological polar surface area (TPSA) is 68.2 Å². The summed E-state index contributed by atoms with van der Waals surface area (Å²) >= 11 is 0. The van der Waals surface area contributed by atoms with Crippen molar-refractivity contribution in [3.8, 4) is 5.88 Å². The van der Waals surface area contributed by atoms with Crippen LogP contribution in [0.15, 0.2) is 53.7 Å². The molecule has 2 atom stereocenters. The summed E-state index contributed by atoms with van der Waals surface area (Å²) in [7, 11) is 1.82. The number of halogens is 1. The van der Waals surface area contributed by atoms with Gasteiger partial charge in [0.1, 0.15) is 12.7 Å². The fourth-order valence-corrected chi connectivity index (χ4v) is 3.87. The standard InChI is InChI=1S/C23H30N4O3.HI/c1-24-23(27-11-13-29-21(16-27)20-8-5-12-28-20)26-15-19-9-10-25-22(14-19)30-17-18-6-3-2-4-7-18;/h2-4,6-7,9-10,14,20-21H,5,8,11-13,15-17H2,1H3,(H,24,26);1H. The normalized spacial score (nSPS) is 21.5. The van der Waals surface area contributed by atoms with Crippen molar-refractivity contribution in [2.24, 2.45) is 4.99 Å². The van der Waals surface area contributed by atoms with Crippen LogP contribution in [-0.2, 0) is 22.6 Å². The molecule has 8 heteroatoms. The molecule has 3 heterocycles. The van der Waals surface area contributed by atoms with Crippen LogP contribution in [0.1, 0.15) is 24.0 Å². The summed E-state index contributed by atoms with van der Waals surface area (Å²) < 4.78 is 17.6. The second kappa shape index (κ2) is 12.2. The van der Waals surface area contributed by atoms with Crippen LogP contribution in [0.3, 0.4) is 0 Å². The van der Waals surface area contributed by atoms with Crippen LogP contribution in [0.25, 0.3) is 0 Å². The third-order valence-electron chi connectivity index (χ3n) is 5.46. The third-order valence-corrected chi connectivity index (χ3v) is 5.46. The number of morpholine rings is 1. The van der Waals surface area contributed by atoms with Gasteiger partial charge >= 0.3 is 0 Å². The molecule has 2 aromatic rings. The van der Waals surface area contributed by atoms with Crippen molar-refractivity contribution in [3.63, 3.8) is 0 Å². The maximum atomic E-state index is 5.95. The van der Waals surface area contributed by atoms with Gasteiger partial charge in [-0.05, 0) is 30.0 Å². The Morgan fingerprint density at radius 3 is 2.77 bits per heavy atom. The minimum atomic E-state index is 0. The minimum absolute atomic E-state index is 0.